The lowest BCUT2D eigenvalue weighted by atomic mass is 10.2. The zero-order valence-electron chi connectivity index (χ0n) is 15.2. The first kappa shape index (κ1) is 21.0. The molecule has 7 nitrogen and oxygen atoms in total. The van der Waals surface area contributed by atoms with Crippen molar-refractivity contribution >= 4 is 33.2 Å². The molecule has 1 fully saturated rings. The maximum absolute atomic E-state index is 12.4. The highest BCUT2D eigenvalue weighted by molar-refractivity contribution is 7.92. The van der Waals surface area contributed by atoms with E-state index in [0.29, 0.717) is 17.3 Å². The van der Waals surface area contributed by atoms with Crippen LogP contribution in [-0.2, 0) is 19.6 Å². The fraction of sp³-hybridized carbons (Fsp3) is 0.588. The summed E-state index contributed by atoms with van der Waals surface area (Å²) in [6.45, 7) is 6.25. The Morgan fingerprint density at radius 2 is 1.92 bits per heavy atom. The van der Waals surface area contributed by atoms with E-state index in [9.17, 15) is 13.2 Å². The van der Waals surface area contributed by atoms with E-state index in [-0.39, 0.29) is 5.91 Å². The van der Waals surface area contributed by atoms with Crippen molar-refractivity contribution in [1.29, 1.82) is 0 Å². The Kier molecular flexibility index (Phi) is 7.69. The van der Waals surface area contributed by atoms with Crippen LogP contribution in [0.3, 0.4) is 0 Å². The van der Waals surface area contributed by atoms with Crippen LogP contribution in [0.4, 0.5) is 5.69 Å². The number of benzene rings is 1. The van der Waals surface area contributed by atoms with E-state index in [4.69, 9.17) is 16.3 Å². The Balaban J connectivity index is 1.91. The highest BCUT2D eigenvalue weighted by Gasteiger charge is 2.28. The summed E-state index contributed by atoms with van der Waals surface area (Å²) in [4.78, 5) is 14.7. The second-order valence-electron chi connectivity index (χ2n) is 6.31. The van der Waals surface area contributed by atoms with E-state index in [0.717, 1.165) is 49.8 Å². The molecule has 1 aromatic carbocycles. The number of morpholine rings is 1. The molecule has 0 unspecified atom stereocenters. The van der Waals surface area contributed by atoms with E-state index in [1.807, 2.05) is 0 Å². The molecule has 1 heterocycles. The molecular formula is C17H26ClN3O4S. The SMILES string of the molecule is C[C@H](C(=O)NCCCN1CCOCC1)N(c1ccc(Cl)cc1)S(C)(=O)=O. The lowest BCUT2D eigenvalue weighted by Gasteiger charge is -2.29. The van der Waals surface area contributed by atoms with E-state index < -0.39 is 16.1 Å². The number of hydrogen-bond acceptors (Lipinski definition) is 5. The van der Waals surface area contributed by atoms with Crippen molar-refractivity contribution in [3.8, 4) is 0 Å². The Hall–Kier alpha value is -1.35. The predicted molar refractivity (Wildman–Crippen MR) is 103 cm³/mol. The van der Waals surface area contributed by atoms with Crippen molar-refractivity contribution in [2.75, 3.05) is 50.0 Å². The van der Waals surface area contributed by atoms with Gasteiger partial charge in [-0.2, -0.15) is 0 Å². The van der Waals surface area contributed by atoms with Crippen molar-refractivity contribution in [3.63, 3.8) is 0 Å². The average molecular weight is 404 g/mol. The first-order chi connectivity index (χ1) is 12.3. The molecule has 0 spiro atoms. The minimum atomic E-state index is -3.62. The molecule has 1 amide bonds. The highest BCUT2D eigenvalue weighted by Crippen LogP contribution is 2.22. The fourth-order valence-electron chi connectivity index (χ4n) is 2.88. The summed E-state index contributed by atoms with van der Waals surface area (Å²) in [7, 11) is -3.62. The summed E-state index contributed by atoms with van der Waals surface area (Å²) in [6.07, 6.45) is 1.89. The third kappa shape index (κ3) is 6.12. The monoisotopic (exact) mass is 403 g/mol. The molecular weight excluding hydrogens is 378 g/mol. The standard InChI is InChI=1S/C17H26ClN3O4S/c1-14(17(22)19-8-3-9-20-10-12-25-13-11-20)21(26(2,23)24)16-6-4-15(18)5-7-16/h4-7,14H,3,8-13H2,1-2H3,(H,19,22)/t14-/m1/s1. The molecule has 1 atom stereocenters. The molecule has 146 valence electrons. The van der Waals surface area contributed by atoms with Crippen LogP contribution in [0.5, 0.6) is 0 Å². The van der Waals surface area contributed by atoms with Gasteiger partial charge in [0.15, 0.2) is 0 Å². The van der Waals surface area contributed by atoms with Crippen LogP contribution in [-0.4, -0.2) is 70.9 Å². The lowest BCUT2D eigenvalue weighted by molar-refractivity contribution is -0.121. The van der Waals surface area contributed by atoms with Crippen molar-refractivity contribution in [1.82, 2.24) is 10.2 Å². The molecule has 1 N–H and O–H groups in total. The van der Waals surface area contributed by atoms with Gasteiger partial charge in [-0.3, -0.25) is 14.0 Å². The van der Waals surface area contributed by atoms with Gasteiger partial charge in [-0.15, -0.1) is 0 Å². The topological polar surface area (TPSA) is 79.0 Å². The van der Waals surface area contributed by atoms with Crippen LogP contribution in [0.25, 0.3) is 0 Å². The van der Waals surface area contributed by atoms with Gasteiger partial charge >= 0.3 is 0 Å². The van der Waals surface area contributed by atoms with Gasteiger partial charge in [-0.1, -0.05) is 11.6 Å². The number of anilines is 1. The molecule has 1 saturated heterocycles. The summed E-state index contributed by atoms with van der Waals surface area (Å²) < 4.78 is 30.8. The predicted octanol–water partition coefficient (Wildman–Crippen LogP) is 1.33. The summed E-state index contributed by atoms with van der Waals surface area (Å²) in [5.74, 6) is -0.327. The van der Waals surface area contributed by atoms with E-state index in [1.165, 1.54) is 0 Å². The minimum absolute atomic E-state index is 0.327. The molecule has 9 heteroatoms. The van der Waals surface area contributed by atoms with Crippen molar-refractivity contribution in [2.45, 2.75) is 19.4 Å². The van der Waals surface area contributed by atoms with Gasteiger partial charge in [0.05, 0.1) is 25.2 Å². The van der Waals surface area contributed by atoms with Crippen LogP contribution >= 0.6 is 11.6 Å². The lowest BCUT2D eigenvalue weighted by Crippen LogP contribution is -2.48. The Morgan fingerprint density at radius 1 is 1.31 bits per heavy atom. The van der Waals surface area contributed by atoms with Gasteiger partial charge in [-0.25, -0.2) is 8.42 Å². The number of sulfonamides is 1. The average Bonchev–Trinajstić information content (AvgIpc) is 2.60. The molecule has 1 aliphatic heterocycles. The molecule has 0 bridgehead atoms. The molecule has 2 rings (SSSR count). The normalized spacial score (nSPS) is 16.9. The summed E-state index contributed by atoms with van der Waals surface area (Å²) in [5.41, 5.74) is 0.410. The summed E-state index contributed by atoms with van der Waals surface area (Å²) in [5, 5.41) is 3.33. The first-order valence-electron chi connectivity index (χ1n) is 8.62. The van der Waals surface area contributed by atoms with Gasteiger partial charge in [0.25, 0.3) is 0 Å². The third-order valence-electron chi connectivity index (χ3n) is 4.22. The molecule has 0 saturated carbocycles. The maximum Gasteiger partial charge on any atom is 0.243 e. The number of carbonyl (C=O) groups is 1. The van der Waals surface area contributed by atoms with Crippen LogP contribution < -0.4 is 9.62 Å². The number of amides is 1. The van der Waals surface area contributed by atoms with Crippen LogP contribution in [0.15, 0.2) is 24.3 Å². The number of ether oxygens (including phenoxy) is 1. The maximum atomic E-state index is 12.4. The molecule has 0 aromatic heterocycles. The Morgan fingerprint density at radius 3 is 2.50 bits per heavy atom. The van der Waals surface area contributed by atoms with E-state index >= 15 is 0 Å². The number of carbonyl (C=O) groups excluding carboxylic acids is 1. The molecule has 1 aliphatic rings. The van der Waals surface area contributed by atoms with Gasteiger partial charge in [0.1, 0.15) is 6.04 Å². The van der Waals surface area contributed by atoms with Crippen molar-refractivity contribution in [2.24, 2.45) is 0 Å². The second kappa shape index (κ2) is 9.55. The van der Waals surface area contributed by atoms with Crippen LogP contribution in [0.2, 0.25) is 5.02 Å². The number of nitrogens with one attached hydrogen (secondary N) is 1. The zero-order chi connectivity index (χ0) is 19.2. The molecule has 26 heavy (non-hydrogen) atoms. The van der Waals surface area contributed by atoms with Crippen LogP contribution in [0.1, 0.15) is 13.3 Å². The Labute approximate surface area is 160 Å². The molecule has 1 aromatic rings. The number of hydrogen-bond donors (Lipinski definition) is 1. The smallest absolute Gasteiger partial charge is 0.243 e. The second-order valence-corrected chi connectivity index (χ2v) is 8.61. The molecule has 0 radical (unpaired) electrons. The number of halogens is 1. The van der Waals surface area contributed by atoms with Gasteiger partial charge in [0, 0.05) is 24.7 Å². The zero-order valence-corrected chi connectivity index (χ0v) is 16.7. The highest BCUT2D eigenvalue weighted by atomic mass is 35.5. The minimum Gasteiger partial charge on any atom is -0.379 e. The number of nitrogens with zero attached hydrogens (tertiary/aromatic N) is 2. The van der Waals surface area contributed by atoms with Crippen molar-refractivity contribution in [3.05, 3.63) is 29.3 Å². The first-order valence-corrected chi connectivity index (χ1v) is 10.8. The Bertz CT molecular complexity index is 690. The van der Waals surface area contributed by atoms with Crippen LogP contribution in [0, 0.1) is 0 Å². The van der Waals surface area contributed by atoms with Gasteiger partial charge in [-0.05, 0) is 44.2 Å². The fourth-order valence-corrected chi connectivity index (χ4v) is 4.18. The summed E-state index contributed by atoms with van der Waals surface area (Å²) >= 11 is 5.86. The third-order valence-corrected chi connectivity index (χ3v) is 5.72. The van der Waals surface area contributed by atoms with E-state index in [1.54, 1.807) is 31.2 Å². The summed E-state index contributed by atoms with van der Waals surface area (Å²) in [6, 6.07) is 5.52. The largest absolute Gasteiger partial charge is 0.379 e. The van der Waals surface area contributed by atoms with Gasteiger partial charge < -0.3 is 10.1 Å². The van der Waals surface area contributed by atoms with E-state index in [2.05, 4.69) is 10.2 Å². The van der Waals surface area contributed by atoms with Gasteiger partial charge in [0.2, 0.25) is 15.9 Å². The quantitative estimate of drug-likeness (QED) is 0.662. The number of rotatable bonds is 8. The van der Waals surface area contributed by atoms with Crippen molar-refractivity contribution < 1.29 is 17.9 Å². The molecule has 0 aliphatic carbocycles.